The molecule has 0 saturated carbocycles. The van der Waals surface area contributed by atoms with Crippen molar-refractivity contribution in [1.82, 2.24) is 14.2 Å². The fraction of sp³-hybridized carbons (Fsp3) is 0.0357. The topological polar surface area (TPSA) is 52.2 Å². The Bertz CT molecular complexity index is 1730. The molecule has 0 amide bonds. The van der Waals surface area contributed by atoms with Gasteiger partial charge in [0.25, 0.3) is 5.56 Å². The molecule has 0 atom stereocenters. The number of nitrogens with zero attached hydrogens (tertiary/aromatic N) is 4. The maximum absolute atomic E-state index is 12.8. The van der Waals surface area contributed by atoms with E-state index in [2.05, 4.69) is 75.4 Å². The molecule has 2 heterocycles. The van der Waals surface area contributed by atoms with Crippen molar-refractivity contribution in [2.45, 2.75) is 6.54 Å². The summed E-state index contributed by atoms with van der Waals surface area (Å²) in [6.07, 6.45) is 5.29. The highest BCUT2D eigenvalue weighted by Gasteiger charge is 2.08. The van der Waals surface area contributed by atoms with E-state index in [1.165, 1.54) is 27.3 Å². The summed E-state index contributed by atoms with van der Waals surface area (Å²) in [5.41, 5.74) is 3.79. The van der Waals surface area contributed by atoms with Gasteiger partial charge in [-0.05, 0) is 40.6 Å². The Balaban J connectivity index is 1.39. The van der Waals surface area contributed by atoms with E-state index in [9.17, 15) is 4.79 Å². The van der Waals surface area contributed by atoms with Crippen LogP contribution < -0.4 is 5.56 Å². The molecule has 0 bridgehead atoms. The molecule has 6 rings (SSSR count). The smallest absolute Gasteiger partial charge is 0.281 e. The van der Waals surface area contributed by atoms with Gasteiger partial charge in [0.1, 0.15) is 6.33 Å². The Hall–Kier alpha value is -4.51. The van der Waals surface area contributed by atoms with Gasteiger partial charge >= 0.3 is 0 Å². The van der Waals surface area contributed by atoms with Crippen LogP contribution in [-0.2, 0) is 6.54 Å². The van der Waals surface area contributed by atoms with Crippen LogP contribution in [0.15, 0.2) is 113 Å². The molecule has 0 aliphatic heterocycles. The largest absolute Gasteiger partial charge is 0.342 e. The second kappa shape index (κ2) is 7.88. The third-order valence-corrected chi connectivity index (χ3v) is 5.96. The summed E-state index contributed by atoms with van der Waals surface area (Å²) < 4.78 is 3.51. The molecule has 0 saturated heterocycles. The van der Waals surface area contributed by atoms with Gasteiger partial charge in [0.05, 0.1) is 17.1 Å². The van der Waals surface area contributed by atoms with E-state index in [4.69, 9.17) is 0 Å². The highest BCUT2D eigenvalue weighted by atomic mass is 16.1. The van der Waals surface area contributed by atoms with Crippen LogP contribution in [0.3, 0.4) is 0 Å². The van der Waals surface area contributed by atoms with Gasteiger partial charge in [-0.2, -0.15) is 9.78 Å². The van der Waals surface area contributed by atoms with Gasteiger partial charge in [-0.1, -0.05) is 66.7 Å². The first-order valence-corrected chi connectivity index (χ1v) is 10.8. The summed E-state index contributed by atoms with van der Waals surface area (Å²) in [5.74, 6) is 0. The molecule has 0 radical (unpaired) electrons. The molecule has 5 heteroatoms. The third kappa shape index (κ3) is 3.49. The lowest BCUT2D eigenvalue weighted by Gasteiger charge is -2.07. The molecule has 158 valence electrons. The number of benzene rings is 4. The summed E-state index contributed by atoms with van der Waals surface area (Å²) in [4.78, 5) is 17.1. The molecular formula is C28H20N4O. The number of aromatic nitrogens is 3. The maximum Gasteiger partial charge on any atom is 0.281 e. The highest BCUT2D eigenvalue weighted by Crippen LogP contribution is 2.23. The van der Waals surface area contributed by atoms with Crippen molar-refractivity contribution in [2.75, 3.05) is 0 Å². The van der Waals surface area contributed by atoms with Crippen LogP contribution in [0.4, 0.5) is 0 Å². The third-order valence-electron chi connectivity index (χ3n) is 5.96. The first kappa shape index (κ1) is 19.2. The minimum absolute atomic E-state index is 0.184. The minimum atomic E-state index is -0.184. The molecule has 33 heavy (non-hydrogen) atoms. The molecule has 4 aromatic carbocycles. The predicted octanol–water partition coefficient (Wildman–Crippen LogP) is 5.43. The molecule has 0 unspecified atom stereocenters. The number of hydrogen-bond acceptors (Lipinski definition) is 3. The first-order valence-electron chi connectivity index (χ1n) is 10.8. The van der Waals surface area contributed by atoms with E-state index in [0.29, 0.717) is 10.9 Å². The van der Waals surface area contributed by atoms with E-state index in [1.54, 1.807) is 12.3 Å². The van der Waals surface area contributed by atoms with E-state index in [1.807, 2.05) is 30.3 Å². The lowest BCUT2D eigenvalue weighted by atomic mass is 10.1. The Labute approximate surface area is 189 Å². The molecule has 0 spiro atoms. The van der Waals surface area contributed by atoms with Crippen LogP contribution in [0.2, 0.25) is 0 Å². The Morgan fingerprint density at radius 1 is 0.818 bits per heavy atom. The van der Waals surface area contributed by atoms with E-state index in [-0.39, 0.29) is 5.56 Å². The highest BCUT2D eigenvalue weighted by molar-refractivity contribution is 5.99. The van der Waals surface area contributed by atoms with E-state index < -0.39 is 0 Å². The van der Waals surface area contributed by atoms with Crippen LogP contribution in [0.5, 0.6) is 0 Å². The minimum Gasteiger partial charge on any atom is -0.342 e. The lowest BCUT2D eigenvalue weighted by molar-refractivity contribution is 0.816. The normalized spacial score (nSPS) is 11.8. The summed E-state index contributed by atoms with van der Waals surface area (Å²) >= 11 is 0. The summed E-state index contributed by atoms with van der Waals surface area (Å²) in [5, 5.41) is 8.55. The number of para-hydroxylation sites is 2. The van der Waals surface area contributed by atoms with E-state index >= 15 is 0 Å². The zero-order valence-corrected chi connectivity index (χ0v) is 17.8. The van der Waals surface area contributed by atoms with Crippen LogP contribution >= 0.6 is 0 Å². The number of rotatable bonds is 4. The van der Waals surface area contributed by atoms with Crippen LogP contribution in [0.25, 0.3) is 32.6 Å². The molecule has 0 fully saturated rings. The summed E-state index contributed by atoms with van der Waals surface area (Å²) in [7, 11) is 0. The standard InChI is InChI=1S/C28H20N4O/c33-28-25-10-3-5-11-26(25)29-19-32(28)30-16-23-18-31(27-12-6-4-9-24(23)27)17-20-13-14-21-7-1-2-8-22(21)15-20/h1-16,18-19H,17H2/b30-16-. The summed E-state index contributed by atoms with van der Waals surface area (Å²) in [6.45, 7) is 0.747. The zero-order valence-electron chi connectivity index (χ0n) is 17.8. The molecule has 5 nitrogen and oxygen atoms in total. The number of hydrogen-bond donors (Lipinski definition) is 0. The van der Waals surface area contributed by atoms with Gasteiger partial charge in [-0.15, -0.1) is 0 Å². The fourth-order valence-corrected chi connectivity index (χ4v) is 4.31. The monoisotopic (exact) mass is 428 g/mol. The van der Waals surface area contributed by atoms with Crippen LogP contribution in [-0.4, -0.2) is 20.4 Å². The average Bonchev–Trinajstić information content (AvgIpc) is 3.21. The van der Waals surface area contributed by atoms with Crippen molar-refractivity contribution in [3.63, 3.8) is 0 Å². The van der Waals surface area contributed by atoms with Gasteiger partial charge in [0.15, 0.2) is 0 Å². The maximum atomic E-state index is 12.8. The van der Waals surface area contributed by atoms with Crippen LogP contribution in [0.1, 0.15) is 11.1 Å². The van der Waals surface area contributed by atoms with Gasteiger partial charge in [0, 0.05) is 29.2 Å². The second-order valence-corrected chi connectivity index (χ2v) is 8.07. The SMILES string of the molecule is O=c1c2ccccc2ncn1/N=C\c1cn(Cc2ccc3ccccc3c2)c2ccccc12. The molecule has 2 aromatic heterocycles. The van der Waals surface area contributed by atoms with Crippen molar-refractivity contribution in [2.24, 2.45) is 5.10 Å². The first-order chi connectivity index (χ1) is 16.3. The van der Waals surface area contributed by atoms with Crippen molar-refractivity contribution < 1.29 is 0 Å². The van der Waals surface area contributed by atoms with Gasteiger partial charge in [0.2, 0.25) is 0 Å². The van der Waals surface area contributed by atoms with Gasteiger partial charge in [-0.3, -0.25) is 4.79 Å². The number of fused-ring (bicyclic) bond motifs is 3. The molecule has 0 aliphatic rings. The van der Waals surface area contributed by atoms with Crippen molar-refractivity contribution in [1.29, 1.82) is 0 Å². The lowest BCUT2D eigenvalue weighted by Crippen LogP contribution is -2.16. The molecular weight excluding hydrogens is 408 g/mol. The van der Waals surface area contributed by atoms with Gasteiger partial charge in [-0.25, -0.2) is 4.98 Å². The van der Waals surface area contributed by atoms with Gasteiger partial charge < -0.3 is 4.57 Å². The molecule has 0 N–H and O–H groups in total. The molecule has 0 aliphatic carbocycles. The second-order valence-electron chi connectivity index (χ2n) is 8.07. The average molecular weight is 428 g/mol. The Morgan fingerprint density at radius 3 is 2.48 bits per heavy atom. The summed E-state index contributed by atoms with van der Waals surface area (Å²) in [6, 6.07) is 30.5. The Kier molecular flexibility index (Phi) is 4.58. The van der Waals surface area contributed by atoms with Crippen LogP contribution in [0, 0.1) is 0 Å². The van der Waals surface area contributed by atoms with E-state index in [0.717, 1.165) is 23.0 Å². The Morgan fingerprint density at radius 2 is 1.58 bits per heavy atom. The zero-order chi connectivity index (χ0) is 22.2. The van der Waals surface area contributed by atoms with Crippen molar-refractivity contribution >= 4 is 38.8 Å². The quantitative estimate of drug-likeness (QED) is 0.351. The predicted molar refractivity (Wildman–Crippen MR) is 134 cm³/mol. The van der Waals surface area contributed by atoms with Crippen molar-refractivity contribution in [3.8, 4) is 0 Å². The fourth-order valence-electron chi connectivity index (χ4n) is 4.31. The van der Waals surface area contributed by atoms with Crippen molar-refractivity contribution in [3.05, 3.63) is 125 Å². The molecule has 6 aromatic rings.